The summed E-state index contributed by atoms with van der Waals surface area (Å²) in [7, 11) is 0. The van der Waals surface area contributed by atoms with Gasteiger partial charge in [0.05, 0.1) is 6.04 Å². The predicted octanol–water partition coefficient (Wildman–Crippen LogP) is 3.84. The molecule has 2 rings (SSSR count). The summed E-state index contributed by atoms with van der Waals surface area (Å²) in [5.41, 5.74) is 3.73. The lowest BCUT2D eigenvalue weighted by atomic mass is 10.1. The Morgan fingerprint density at radius 3 is 2.41 bits per heavy atom. The SMILES string of the molecule is Cc1cc(C)cc(NC2=N[C@@H](C(C)C)CS2)c1. The van der Waals surface area contributed by atoms with Crippen LogP contribution in [0.3, 0.4) is 0 Å². The Morgan fingerprint density at radius 1 is 1.24 bits per heavy atom. The largest absolute Gasteiger partial charge is 0.335 e. The van der Waals surface area contributed by atoms with Crippen LogP contribution in [0.25, 0.3) is 0 Å². The zero-order chi connectivity index (χ0) is 12.4. The van der Waals surface area contributed by atoms with Crippen molar-refractivity contribution in [2.75, 3.05) is 11.1 Å². The van der Waals surface area contributed by atoms with E-state index in [0.717, 1.165) is 16.6 Å². The molecule has 1 N–H and O–H groups in total. The maximum atomic E-state index is 4.71. The Morgan fingerprint density at radius 2 is 1.88 bits per heavy atom. The highest BCUT2D eigenvalue weighted by atomic mass is 32.2. The van der Waals surface area contributed by atoms with Crippen LogP contribution in [0.2, 0.25) is 0 Å². The number of nitrogens with one attached hydrogen (secondary N) is 1. The number of aryl methyl sites for hydroxylation is 2. The Labute approximate surface area is 108 Å². The second kappa shape index (κ2) is 5.13. The molecule has 92 valence electrons. The van der Waals surface area contributed by atoms with Gasteiger partial charge in [-0.05, 0) is 43.0 Å². The molecule has 1 atom stereocenters. The molecule has 1 aromatic rings. The van der Waals surface area contributed by atoms with Crippen molar-refractivity contribution in [2.24, 2.45) is 10.9 Å². The van der Waals surface area contributed by atoms with Gasteiger partial charge in [-0.15, -0.1) is 0 Å². The number of hydrogen-bond donors (Lipinski definition) is 1. The van der Waals surface area contributed by atoms with E-state index < -0.39 is 0 Å². The van der Waals surface area contributed by atoms with Gasteiger partial charge in [0.15, 0.2) is 5.17 Å². The van der Waals surface area contributed by atoms with Crippen molar-refractivity contribution in [3.63, 3.8) is 0 Å². The molecule has 2 nitrogen and oxygen atoms in total. The molecule has 1 aromatic carbocycles. The van der Waals surface area contributed by atoms with Crippen molar-refractivity contribution < 1.29 is 0 Å². The first kappa shape index (κ1) is 12.5. The van der Waals surface area contributed by atoms with E-state index in [9.17, 15) is 0 Å². The summed E-state index contributed by atoms with van der Waals surface area (Å²) in [6.07, 6.45) is 0. The van der Waals surface area contributed by atoms with Gasteiger partial charge < -0.3 is 5.32 Å². The number of hydrogen-bond acceptors (Lipinski definition) is 3. The minimum atomic E-state index is 0.466. The van der Waals surface area contributed by atoms with E-state index in [1.165, 1.54) is 11.1 Å². The number of amidine groups is 1. The van der Waals surface area contributed by atoms with Crippen molar-refractivity contribution in [3.8, 4) is 0 Å². The summed E-state index contributed by atoms with van der Waals surface area (Å²) in [4.78, 5) is 4.71. The van der Waals surface area contributed by atoms with Crippen LogP contribution >= 0.6 is 11.8 Å². The Hall–Kier alpha value is -0.960. The highest BCUT2D eigenvalue weighted by Gasteiger charge is 2.20. The smallest absolute Gasteiger partial charge is 0.161 e. The second-order valence-electron chi connectivity index (χ2n) is 5.06. The van der Waals surface area contributed by atoms with Gasteiger partial charge in [0, 0.05) is 11.4 Å². The maximum Gasteiger partial charge on any atom is 0.161 e. The van der Waals surface area contributed by atoms with E-state index >= 15 is 0 Å². The topological polar surface area (TPSA) is 24.4 Å². The first-order valence-corrected chi connectivity index (χ1v) is 7.09. The number of nitrogens with zero attached hydrogens (tertiary/aromatic N) is 1. The summed E-state index contributed by atoms with van der Waals surface area (Å²) < 4.78 is 0. The first-order valence-electron chi connectivity index (χ1n) is 6.10. The molecule has 1 heterocycles. The average Bonchev–Trinajstić information content (AvgIpc) is 2.64. The number of benzene rings is 1. The van der Waals surface area contributed by atoms with Gasteiger partial charge in [-0.1, -0.05) is 31.7 Å². The van der Waals surface area contributed by atoms with Crippen LogP contribution in [-0.2, 0) is 0 Å². The molecule has 1 aliphatic heterocycles. The fourth-order valence-electron chi connectivity index (χ4n) is 1.97. The normalized spacial score (nSPS) is 19.6. The van der Waals surface area contributed by atoms with E-state index in [0.29, 0.717) is 12.0 Å². The Balaban J connectivity index is 2.09. The van der Waals surface area contributed by atoms with E-state index in [4.69, 9.17) is 4.99 Å². The lowest BCUT2D eigenvalue weighted by molar-refractivity contribution is 0.543. The predicted molar refractivity (Wildman–Crippen MR) is 78.1 cm³/mol. The van der Waals surface area contributed by atoms with Crippen LogP contribution in [0, 0.1) is 19.8 Å². The molecule has 0 aromatic heterocycles. The van der Waals surface area contributed by atoms with E-state index in [2.05, 4.69) is 51.2 Å². The summed E-state index contributed by atoms with van der Waals surface area (Å²) in [5.74, 6) is 1.73. The van der Waals surface area contributed by atoms with Crippen molar-refractivity contribution in [1.29, 1.82) is 0 Å². The third-order valence-corrected chi connectivity index (χ3v) is 3.91. The number of anilines is 1. The lowest BCUT2D eigenvalue weighted by Gasteiger charge is -2.08. The van der Waals surface area contributed by atoms with Crippen LogP contribution in [0.15, 0.2) is 23.2 Å². The van der Waals surface area contributed by atoms with Gasteiger partial charge >= 0.3 is 0 Å². The number of thioether (sulfide) groups is 1. The zero-order valence-electron chi connectivity index (χ0n) is 10.9. The van der Waals surface area contributed by atoms with Crippen LogP contribution in [0.1, 0.15) is 25.0 Å². The van der Waals surface area contributed by atoms with Crippen molar-refractivity contribution >= 4 is 22.6 Å². The molecule has 17 heavy (non-hydrogen) atoms. The molecule has 0 unspecified atom stereocenters. The van der Waals surface area contributed by atoms with Gasteiger partial charge in [0.1, 0.15) is 0 Å². The van der Waals surface area contributed by atoms with Gasteiger partial charge in [-0.25, -0.2) is 0 Å². The molecule has 0 saturated heterocycles. The highest BCUT2D eigenvalue weighted by molar-refractivity contribution is 8.14. The molecule has 0 radical (unpaired) electrons. The van der Waals surface area contributed by atoms with E-state index in [1.807, 2.05) is 11.8 Å². The minimum absolute atomic E-state index is 0.466. The van der Waals surface area contributed by atoms with Crippen LogP contribution in [-0.4, -0.2) is 17.0 Å². The summed E-state index contributed by atoms with van der Waals surface area (Å²) >= 11 is 1.82. The Kier molecular flexibility index (Phi) is 3.77. The van der Waals surface area contributed by atoms with Gasteiger partial charge in [-0.2, -0.15) is 0 Å². The summed E-state index contributed by atoms with van der Waals surface area (Å²) in [6.45, 7) is 8.71. The molecule has 1 aliphatic rings. The number of rotatable bonds is 2. The monoisotopic (exact) mass is 248 g/mol. The van der Waals surface area contributed by atoms with Crippen LogP contribution in [0.5, 0.6) is 0 Å². The van der Waals surface area contributed by atoms with E-state index in [-0.39, 0.29) is 0 Å². The molecule has 3 heteroatoms. The molecule has 0 aliphatic carbocycles. The van der Waals surface area contributed by atoms with Crippen molar-refractivity contribution in [3.05, 3.63) is 29.3 Å². The van der Waals surface area contributed by atoms with Crippen LogP contribution in [0.4, 0.5) is 5.69 Å². The van der Waals surface area contributed by atoms with Crippen molar-refractivity contribution in [1.82, 2.24) is 0 Å². The lowest BCUT2D eigenvalue weighted by Crippen LogP contribution is -2.12. The Bertz CT molecular complexity index is 418. The standard InChI is InChI=1S/C14H20N2S/c1-9(2)13-8-17-14(16-13)15-12-6-10(3)5-11(4)7-12/h5-7,9,13H,8H2,1-4H3,(H,15,16)/t13-/m1/s1. The summed E-state index contributed by atoms with van der Waals surface area (Å²) in [6, 6.07) is 6.98. The molecule has 0 saturated carbocycles. The molecular formula is C14H20N2S. The van der Waals surface area contributed by atoms with Crippen molar-refractivity contribution in [2.45, 2.75) is 33.7 Å². The quantitative estimate of drug-likeness (QED) is 0.860. The minimum Gasteiger partial charge on any atom is -0.335 e. The van der Waals surface area contributed by atoms with Gasteiger partial charge in [0.2, 0.25) is 0 Å². The fraction of sp³-hybridized carbons (Fsp3) is 0.500. The van der Waals surface area contributed by atoms with E-state index in [1.54, 1.807) is 0 Å². The maximum absolute atomic E-state index is 4.71. The third kappa shape index (κ3) is 3.25. The molecule has 0 amide bonds. The second-order valence-corrected chi connectivity index (χ2v) is 6.07. The average molecular weight is 248 g/mol. The van der Waals surface area contributed by atoms with Crippen LogP contribution < -0.4 is 5.32 Å². The fourth-order valence-corrected chi connectivity index (χ4v) is 3.16. The summed E-state index contributed by atoms with van der Waals surface area (Å²) in [5, 5.41) is 4.48. The molecule has 0 spiro atoms. The zero-order valence-corrected chi connectivity index (χ0v) is 11.8. The third-order valence-electron chi connectivity index (χ3n) is 2.92. The van der Waals surface area contributed by atoms with Gasteiger partial charge in [-0.3, -0.25) is 4.99 Å². The molecular weight excluding hydrogens is 228 g/mol. The highest BCUT2D eigenvalue weighted by Crippen LogP contribution is 2.25. The molecule has 0 fully saturated rings. The number of aliphatic imine (C=N–C) groups is 1. The molecule has 0 bridgehead atoms. The van der Waals surface area contributed by atoms with Gasteiger partial charge in [0.25, 0.3) is 0 Å². The first-order chi connectivity index (χ1) is 8.04.